The van der Waals surface area contributed by atoms with Gasteiger partial charge < -0.3 is 15.2 Å². The topological polar surface area (TPSA) is 75.6 Å². The molecule has 0 bridgehead atoms. The van der Waals surface area contributed by atoms with Crippen LogP contribution in [0.3, 0.4) is 0 Å². The number of rotatable bonds is 5. The summed E-state index contributed by atoms with van der Waals surface area (Å²) in [5.74, 6) is -1.01. The largest absolute Gasteiger partial charge is 0.480 e. The summed E-state index contributed by atoms with van der Waals surface area (Å²) in [6.07, 6.45) is 0. The Balaban J connectivity index is 2.13. The first-order valence-electron chi connectivity index (χ1n) is 6.56. The van der Waals surface area contributed by atoms with Crippen molar-refractivity contribution in [2.24, 2.45) is 0 Å². The minimum absolute atomic E-state index is 0.427. The lowest BCUT2D eigenvalue weighted by Crippen LogP contribution is -2.47. The maximum atomic E-state index is 11.9. The number of carboxylic acids is 1. The number of ether oxygens (including phenoxy) is 1. The van der Waals surface area contributed by atoms with Gasteiger partial charge in [-0.2, -0.15) is 0 Å². The van der Waals surface area contributed by atoms with E-state index >= 15 is 0 Å². The Bertz CT molecular complexity index is 679. The van der Waals surface area contributed by atoms with Gasteiger partial charge in [0.2, 0.25) is 0 Å². The lowest BCUT2D eigenvalue weighted by Gasteiger charge is -2.25. The van der Waals surface area contributed by atoms with Crippen LogP contribution >= 0.6 is 0 Å². The maximum absolute atomic E-state index is 11.9. The Morgan fingerprint density at radius 2 is 1.81 bits per heavy atom. The first-order valence-corrected chi connectivity index (χ1v) is 6.56. The van der Waals surface area contributed by atoms with Crippen molar-refractivity contribution in [1.29, 1.82) is 0 Å². The molecule has 2 N–H and O–H groups in total. The molecule has 2 aromatic carbocycles. The summed E-state index contributed by atoms with van der Waals surface area (Å²) in [5.41, 5.74) is -1.15. The van der Waals surface area contributed by atoms with E-state index < -0.39 is 24.0 Å². The number of nitrogens with one attached hydrogen (secondary N) is 1. The molecule has 1 amide bonds. The number of carbonyl (C=O) groups is 2. The molecular weight excluding hydrogens is 270 g/mol. The molecule has 0 aliphatic carbocycles. The van der Waals surface area contributed by atoms with E-state index in [9.17, 15) is 9.59 Å². The number of hydrogen-bond acceptors (Lipinski definition) is 3. The van der Waals surface area contributed by atoms with Crippen molar-refractivity contribution in [3.05, 3.63) is 42.5 Å². The molecule has 2 rings (SSSR count). The van der Waals surface area contributed by atoms with Crippen molar-refractivity contribution in [3.63, 3.8) is 0 Å². The molecule has 21 heavy (non-hydrogen) atoms. The zero-order valence-corrected chi connectivity index (χ0v) is 11.9. The Labute approximate surface area is 122 Å². The Hall–Kier alpha value is -2.56. The van der Waals surface area contributed by atoms with E-state index in [1.54, 1.807) is 19.9 Å². The summed E-state index contributed by atoms with van der Waals surface area (Å²) in [5, 5.41) is 13.0. The standard InChI is InChI=1S/C16H17NO4/c1-16(2,15(20)17-10-14(18)19)21-13-8-7-11-5-3-4-6-12(11)9-13/h3-9H,10H2,1-2H3,(H,17,20)(H,18,19). The minimum atomic E-state index is -1.15. The summed E-state index contributed by atoms with van der Waals surface area (Å²) in [7, 11) is 0. The molecule has 0 heterocycles. The maximum Gasteiger partial charge on any atom is 0.322 e. The molecule has 0 atom stereocenters. The normalized spacial score (nSPS) is 11.1. The van der Waals surface area contributed by atoms with Gasteiger partial charge in [-0.1, -0.05) is 30.3 Å². The van der Waals surface area contributed by atoms with Crippen LogP contribution in [-0.4, -0.2) is 29.1 Å². The summed E-state index contributed by atoms with van der Waals surface area (Å²) >= 11 is 0. The van der Waals surface area contributed by atoms with E-state index in [0.717, 1.165) is 10.8 Å². The molecule has 110 valence electrons. The van der Waals surface area contributed by atoms with Crippen molar-refractivity contribution in [2.75, 3.05) is 6.54 Å². The van der Waals surface area contributed by atoms with Gasteiger partial charge in [0.05, 0.1) is 0 Å². The fourth-order valence-electron chi connectivity index (χ4n) is 1.94. The molecule has 0 fully saturated rings. The zero-order chi connectivity index (χ0) is 15.5. The van der Waals surface area contributed by atoms with Crippen molar-refractivity contribution in [3.8, 4) is 5.75 Å². The van der Waals surface area contributed by atoms with E-state index in [0.29, 0.717) is 5.75 Å². The van der Waals surface area contributed by atoms with Crippen LogP contribution in [0.5, 0.6) is 5.75 Å². The van der Waals surface area contributed by atoms with Crippen LogP contribution in [-0.2, 0) is 9.59 Å². The van der Waals surface area contributed by atoms with Gasteiger partial charge in [-0.15, -0.1) is 0 Å². The molecule has 0 spiro atoms. The fraction of sp³-hybridized carbons (Fsp3) is 0.250. The van der Waals surface area contributed by atoms with Gasteiger partial charge in [0.15, 0.2) is 5.60 Å². The smallest absolute Gasteiger partial charge is 0.322 e. The second-order valence-corrected chi connectivity index (χ2v) is 5.20. The average molecular weight is 287 g/mol. The predicted octanol–water partition coefficient (Wildman–Crippen LogP) is 2.20. The second kappa shape index (κ2) is 5.83. The molecule has 5 nitrogen and oxygen atoms in total. The molecule has 0 radical (unpaired) electrons. The third kappa shape index (κ3) is 3.72. The van der Waals surface area contributed by atoms with Crippen molar-refractivity contribution in [2.45, 2.75) is 19.4 Å². The molecular formula is C16H17NO4. The third-order valence-corrected chi connectivity index (χ3v) is 3.04. The molecule has 0 unspecified atom stereocenters. The number of benzene rings is 2. The van der Waals surface area contributed by atoms with E-state index in [2.05, 4.69) is 5.32 Å². The van der Waals surface area contributed by atoms with Gasteiger partial charge in [0.25, 0.3) is 5.91 Å². The van der Waals surface area contributed by atoms with Gasteiger partial charge in [0.1, 0.15) is 12.3 Å². The molecule has 0 saturated carbocycles. The van der Waals surface area contributed by atoms with Crippen molar-refractivity contribution in [1.82, 2.24) is 5.32 Å². The highest BCUT2D eigenvalue weighted by atomic mass is 16.5. The SMILES string of the molecule is CC(C)(Oc1ccc2ccccc2c1)C(=O)NCC(=O)O. The number of carboxylic acid groups (broad SMARTS) is 1. The van der Waals surface area contributed by atoms with Crippen LogP contribution in [0.25, 0.3) is 10.8 Å². The highest BCUT2D eigenvalue weighted by Gasteiger charge is 2.30. The second-order valence-electron chi connectivity index (χ2n) is 5.20. The molecule has 0 aliphatic heterocycles. The molecule has 0 saturated heterocycles. The molecule has 0 aliphatic rings. The summed E-state index contributed by atoms with van der Waals surface area (Å²) in [6.45, 7) is 2.77. The Morgan fingerprint density at radius 3 is 2.48 bits per heavy atom. The van der Waals surface area contributed by atoms with Crippen LogP contribution in [0.15, 0.2) is 42.5 Å². The number of fused-ring (bicyclic) bond motifs is 1. The molecule has 5 heteroatoms. The van der Waals surface area contributed by atoms with Gasteiger partial charge in [-0.05, 0) is 36.8 Å². The van der Waals surface area contributed by atoms with E-state index in [4.69, 9.17) is 9.84 Å². The van der Waals surface area contributed by atoms with Crippen LogP contribution in [0.1, 0.15) is 13.8 Å². The fourth-order valence-corrected chi connectivity index (χ4v) is 1.94. The van der Waals surface area contributed by atoms with Crippen molar-refractivity contribution < 1.29 is 19.4 Å². The minimum Gasteiger partial charge on any atom is -0.480 e. The van der Waals surface area contributed by atoms with E-state index in [-0.39, 0.29) is 0 Å². The lowest BCUT2D eigenvalue weighted by molar-refractivity contribution is -0.141. The van der Waals surface area contributed by atoms with Crippen LogP contribution in [0, 0.1) is 0 Å². The van der Waals surface area contributed by atoms with Gasteiger partial charge >= 0.3 is 5.97 Å². The lowest BCUT2D eigenvalue weighted by atomic mass is 10.1. The quantitative estimate of drug-likeness (QED) is 0.884. The Morgan fingerprint density at radius 1 is 1.14 bits per heavy atom. The number of hydrogen-bond donors (Lipinski definition) is 2. The third-order valence-electron chi connectivity index (χ3n) is 3.04. The zero-order valence-electron chi connectivity index (χ0n) is 11.9. The summed E-state index contributed by atoms with van der Waals surface area (Å²) < 4.78 is 5.70. The number of amides is 1. The molecule has 2 aromatic rings. The van der Waals surface area contributed by atoms with Gasteiger partial charge in [-0.3, -0.25) is 9.59 Å². The van der Waals surface area contributed by atoms with Crippen LogP contribution < -0.4 is 10.1 Å². The monoisotopic (exact) mass is 287 g/mol. The van der Waals surface area contributed by atoms with Gasteiger partial charge in [0, 0.05) is 0 Å². The first kappa shape index (κ1) is 14.8. The highest BCUT2D eigenvalue weighted by molar-refractivity contribution is 5.88. The molecule has 0 aromatic heterocycles. The van der Waals surface area contributed by atoms with E-state index in [1.165, 1.54) is 0 Å². The van der Waals surface area contributed by atoms with Crippen LogP contribution in [0.4, 0.5) is 0 Å². The van der Waals surface area contributed by atoms with Crippen molar-refractivity contribution >= 4 is 22.6 Å². The first-order chi connectivity index (χ1) is 9.88. The average Bonchev–Trinajstić information content (AvgIpc) is 2.44. The van der Waals surface area contributed by atoms with Gasteiger partial charge in [-0.25, -0.2) is 0 Å². The predicted molar refractivity (Wildman–Crippen MR) is 79.3 cm³/mol. The van der Waals surface area contributed by atoms with E-state index in [1.807, 2.05) is 36.4 Å². The highest BCUT2D eigenvalue weighted by Crippen LogP contribution is 2.24. The summed E-state index contributed by atoms with van der Waals surface area (Å²) in [6, 6.07) is 13.4. The number of aliphatic carboxylic acids is 1. The Kier molecular flexibility index (Phi) is 4.12. The van der Waals surface area contributed by atoms with Crippen LogP contribution in [0.2, 0.25) is 0 Å². The number of carbonyl (C=O) groups excluding carboxylic acids is 1. The summed E-state index contributed by atoms with van der Waals surface area (Å²) in [4.78, 5) is 22.4.